The average molecular weight is 200 g/mol. The molecule has 0 heterocycles. The molecule has 0 rings (SSSR count). The summed E-state index contributed by atoms with van der Waals surface area (Å²) in [6.45, 7) is 7.66. The topological polar surface area (TPSA) is 24.8 Å². The van der Waals surface area contributed by atoms with Gasteiger partial charge in [0.25, 0.3) is 0 Å². The van der Waals surface area contributed by atoms with Gasteiger partial charge in [-0.05, 0) is 46.5 Å². The molecule has 84 valence electrons. The fraction of sp³-hybridized carbons (Fsp3) is 0.909. The summed E-state index contributed by atoms with van der Waals surface area (Å²) in [5, 5.41) is 0. The Morgan fingerprint density at radius 3 is 2.50 bits per heavy atom. The zero-order valence-electron chi connectivity index (χ0n) is 9.99. The van der Waals surface area contributed by atoms with Gasteiger partial charge in [-0.2, -0.15) is 0 Å². The van der Waals surface area contributed by atoms with Crippen LogP contribution in [0.3, 0.4) is 0 Å². The highest BCUT2D eigenvalue weighted by Gasteiger charge is 2.15. The molecule has 0 aliphatic heterocycles. The van der Waals surface area contributed by atoms with Crippen molar-refractivity contribution in [3.63, 3.8) is 0 Å². The first kappa shape index (κ1) is 13.6. The Labute approximate surface area is 88.2 Å². The van der Waals surface area contributed by atoms with Crippen molar-refractivity contribution in [1.82, 2.24) is 4.90 Å². The van der Waals surface area contributed by atoms with Crippen molar-refractivity contribution in [3.8, 4) is 0 Å². The minimum Gasteiger partial charge on any atom is -0.385 e. The maximum atomic E-state index is 5.05. The van der Waals surface area contributed by atoms with Crippen LogP contribution in [-0.4, -0.2) is 52.0 Å². The molecule has 2 atom stereocenters. The Kier molecular flexibility index (Phi) is 7.71. The number of nitrogens with zero attached hydrogens (tertiary/aromatic N) is 2. The van der Waals surface area contributed by atoms with E-state index in [4.69, 9.17) is 4.74 Å². The van der Waals surface area contributed by atoms with Crippen molar-refractivity contribution < 1.29 is 4.74 Å². The zero-order valence-corrected chi connectivity index (χ0v) is 9.99. The van der Waals surface area contributed by atoms with Gasteiger partial charge < -0.3 is 9.64 Å². The molecule has 0 spiro atoms. The SMILES string of the molecule is C=NC(C)[C@@H](CCCOC)CN(C)C. The van der Waals surface area contributed by atoms with Gasteiger partial charge in [-0.15, -0.1) is 0 Å². The van der Waals surface area contributed by atoms with Crippen molar-refractivity contribution in [2.24, 2.45) is 10.9 Å². The predicted molar refractivity (Wildman–Crippen MR) is 62.2 cm³/mol. The van der Waals surface area contributed by atoms with Crippen LogP contribution in [0.4, 0.5) is 0 Å². The van der Waals surface area contributed by atoms with Gasteiger partial charge in [0.15, 0.2) is 0 Å². The van der Waals surface area contributed by atoms with Crippen LogP contribution in [0.1, 0.15) is 19.8 Å². The van der Waals surface area contributed by atoms with Crippen molar-refractivity contribution in [2.45, 2.75) is 25.8 Å². The first-order chi connectivity index (χ1) is 6.61. The molecule has 0 saturated carbocycles. The summed E-state index contributed by atoms with van der Waals surface area (Å²) < 4.78 is 5.05. The Morgan fingerprint density at radius 1 is 1.43 bits per heavy atom. The molecule has 0 aliphatic carbocycles. The van der Waals surface area contributed by atoms with Gasteiger partial charge in [0, 0.05) is 20.3 Å². The van der Waals surface area contributed by atoms with E-state index in [9.17, 15) is 0 Å². The molecule has 0 aromatic carbocycles. The van der Waals surface area contributed by atoms with Crippen LogP contribution in [0.15, 0.2) is 4.99 Å². The molecule has 0 amide bonds. The summed E-state index contributed by atoms with van der Waals surface area (Å²) in [5.41, 5.74) is 0. The fourth-order valence-corrected chi connectivity index (χ4v) is 1.59. The minimum atomic E-state index is 0.342. The van der Waals surface area contributed by atoms with Crippen molar-refractivity contribution >= 4 is 6.72 Å². The summed E-state index contributed by atoms with van der Waals surface area (Å²) in [6, 6.07) is 0.342. The molecule has 0 fully saturated rings. The first-order valence-electron chi connectivity index (χ1n) is 5.21. The molecule has 14 heavy (non-hydrogen) atoms. The van der Waals surface area contributed by atoms with Gasteiger partial charge in [-0.3, -0.25) is 4.99 Å². The molecular formula is C11H24N2O. The van der Waals surface area contributed by atoms with Gasteiger partial charge in [-0.1, -0.05) is 0 Å². The van der Waals surface area contributed by atoms with E-state index in [0.29, 0.717) is 12.0 Å². The Hall–Kier alpha value is -0.410. The van der Waals surface area contributed by atoms with Crippen LogP contribution >= 0.6 is 0 Å². The number of rotatable bonds is 8. The Balaban J connectivity index is 3.90. The third-order valence-corrected chi connectivity index (χ3v) is 2.49. The smallest absolute Gasteiger partial charge is 0.0504 e. The third kappa shape index (κ3) is 6.11. The highest BCUT2D eigenvalue weighted by Crippen LogP contribution is 2.15. The van der Waals surface area contributed by atoms with Gasteiger partial charge in [0.05, 0.1) is 6.04 Å². The van der Waals surface area contributed by atoms with E-state index in [2.05, 4.69) is 37.6 Å². The van der Waals surface area contributed by atoms with Crippen LogP contribution < -0.4 is 0 Å². The van der Waals surface area contributed by atoms with E-state index >= 15 is 0 Å². The van der Waals surface area contributed by atoms with Crippen LogP contribution in [0, 0.1) is 5.92 Å². The van der Waals surface area contributed by atoms with Crippen LogP contribution in [0.2, 0.25) is 0 Å². The largest absolute Gasteiger partial charge is 0.385 e. The molecule has 3 heteroatoms. The van der Waals surface area contributed by atoms with E-state index in [1.807, 2.05) is 0 Å². The molecular weight excluding hydrogens is 176 g/mol. The lowest BCUT2D eigenvalue weighted by Crippen LogP contribution is -2.28. The van der Waals surface area contributed by atoms with Gasteiger partial charge >= 0.3 is 0 Å². The number of ether oxygens (including phenoxy) is 1. The van der Waals surface area contributed by atoms with Gasteiger partial charge in [0.1, 0.15) is 0 Å². The zero-order chi connectivity index (χ0) is 11.0. The second kappa shape index (κ2) is 7.94. The van der Waals surface area contributed by atoms with Crippen molar-refractivity contribution in [3.05, 3.63) is 0 Å². The molecule has 0 saturated heterocycles. The number of aliphatic imine (C=N–C) groups is 1. The van der Waals surface area contributed by atoms with Crippen LogP contribution in [0.5, 0.6) is 0 Å². The second-order valence-corrected chi connectivity index (χ2v) is 4.08. The number of hydrogen-bond acceptors (Lipinski definition) is 3. The van der Waals surface area contributed by atoms with Crippen molar-refractivity contribution in [1.29, 1.82) is 0 Å². The summed E-state index contributed by atoms with van der Waals surface area (Å²) >= 11 is 0. The lowest BCUT2D eigenvalue weighted by Gasteiger charge is -2.24. The quantitative estimate of drug-likeness (QED) is 0.440. The summed E-state index contributed by atoms with van der Waals surface area (Å²) in [5.74, 6) is 0.595. The molecule has 0 aromatic rings. The van der Waals surface area contributed by atoms with E-state index in [0.717, 1.165) is 26.0 Å². The van der Waals surface area contributed by atoms with Crippen LogP contribution in [-0.2, 0) is 4.74 Å². The van der Waals surface area contributed by atoms with E-state index in [1.165, 1.54) is 0 Å². The highest BCUT2D eigenvalue weighted by atomic mass is 16.5. The average Bonchev–Trinajstić information content (AvgIpc) is 2.15. The monoisotopic (exact) mass is 200 g/mol. The third-order valence-electron chi connectivity index (χ3n) is 2.49. The van der Waals surface area contributed by atoms with Gasteiger partial charge in [-0.25, -0.2) is 0 Å². The normalized spacial score (nSPS) is 15.5. The molecule has 3 nitrogen and oxygen atoms in total. The molecule has 0 aliphatic rings. The predicted octanol–water partition coefficient (Wildman–Crippen LogP) is 1.68. The minimum absolute atomic E-state index is 0.342. The second-order valence-electron chi connectivity index (χ2n) is 4.08. The summed E-state index contributed by atoms with van der Waals surface area (Å²) in [7, 11) is 5.94. The molecule has 0 bridgehead atoms. The van der Waals surface area contributed by atoms with Crippen LogP contribution in [0.25, 0.3) is 0 Å². The molecule has 0 N–H and O–H groups in total. The number of methoxy groups -OCH3 is 1. The fourth-order valence-electron chi connectivity index (χ4n) is 1.59. The molecule has 0 aromatic heterocycles. The molecule has 1 unspecified atom stereocenters. The highest BCUT2D eigenvalue weighted by molar-refractivity contribution is 5.24. The maximum absolute atomic E-state index is 5.05. The first-order valence-corrected chi connectivity index (χ1v) is 5.21. The lowest BCUT2D eigenvalue weighted by atomic mass is 9.96. The van der Waals surface area contributed by atoms with E-state index in [1.54, 1.807) is 7.11 Å². The number of hydrogen-bond donors (Lipinski definition) is 0. The van der Waals surface area contributed by atoms with E-state index < -0.39 is 0 Å². The maximum Gasteiger partial charge on any atom is 0.0504 e. The standard InChI is InChI=1S/C11H24N2O/c1-10(12-2)11(9-13(3)4)7-6-8-14-5/h10-11H,2,6-9H2,1,3-5H3/t10?,11-/m0/s1. The van der Waals surface area contributed by atoms with E-state index in [-0.39, 0.29) is 0 Å². The molecule has 0 radical (unpaired) electrons. The Bertz CT molecular complexity index is 148. The summed E-state index contributed by atoms with van der Waals surface area (Å²) in [4.78, 5) is 6.31. The lowest BCUT2D eigenvalue weighted by molar-refractivity contribution is 0.179. The van der Waals surface area contributed by atoms with Crippen molar-refractivity contribution in [2.75, 3.05) is 34.4 Å². The Morgan fingerprint density at radius 2 is 2.07 bits per heavy atom. The van der Waals surface area contributed by atoms with Gasteiger partial charge in [0.2, 0.25) is 0 Å². The summed E-state index contributed by atoms with van der Waals surface area (Å²) in [6.07, 6.45) is 2.26.